The molecular weight excluding hydrogens is 513 g/mol. The fraction of sp³-hybridized carbons (Fsp3) is 0.500. The molecule has 3 aliphatic rings. The summed E-state index contributed by atoms with van der Waals surface area (Å²) in [5, 5.41) is 0. The van der Waals surface area contributed by atoms with Crippen molar-refractivity contribution >= 4 is 30.4 Å². The standard InChI is InChI=1S/C34H44BNO5/c1-33(2,3)41-30(37)18-11-25-9-12-26(13-10-25)31(27-14-16-29(17-15-27)36-19-21-38-22-20-36)32(28-7-6-8-28)35-39-23-34(4,5)24-40-35/h9-18,28H,6-8,19-24H2,1-5H3. The number of rotatable bonds is 7. The number of carbonyl (C=O) groups is 1. The number of hydrogen-bond acceptors (Lipinski definition) is 6. The predicted octanol–water partition coefficient (Wildman–Crippen LogP) is 6.58. The van der Waals surface area contributed by atoms with Crippen molar-refractivity contribution in [1.82, 2.24) is 0 Å². The minimum atomic E-state index is -0.515. The lowest BCUT2D eigenvalue weighted by atomic mass is 9.59. The van der Waals surface area contributed by atoms with Crippen molar-refractivity contribution in [3.8, 4) is 0 Å². The number of allylic oxidation sites excluding steroid dienone is 1. The quantitative estimate of drug-likeness (QED) is 0.218. The van der Waals surface area contributed by atoms with Gasteiger partial charge in [-0.25, -0.2) is 4.79 Å². The number of hydrogen-bond donors (Lipinski definition) is 0. The van der Waals surface area contributed by atoms with E-state index in [4.69, 9.17) is 18.8 Å². The second-order valence-corrected chi connectivity index (χ2v) is 13.2. The third-order valence-electron chi connectivity index (χ3n) is 7.89. The van der Waals surface area contributed by atoms with Crippen molar-refractivity contribution in [2.24, 2.45) is 11.3 Å². The monoisotopic (exact) mass is 557 g/mol. The van der Waals surface area contributed by atoms with Crippen molar-refractivity contribution in [3.05, 3.63) is 76.8 Å². The maximum Gasteiger partial charge on any atom is 0.490 e. The Morgan fingerprint density at radius 1 is 0.951 bits per heavy atom. The van der Waals surface area contributed by atoms with Gasteiger partial charge in [-0.15, -0.1) is 0 Å². The molecule has 41 heavy (non-hydrogen) atoms. The maximum absolute atomic E-state index is 12.2. The van der Waals surface area contributed by atoms with Crippen LogP contribution in [0.2, 0.25) is 0 Å². The zero-order valence-electron chi connectivity index (χ0n) is 25.3. The average Bonchev–Trinajstić information content (AvgIpc) is 2.91. The fourth-order valence-corrected chi connectivity index (χ4v) is 5.53. The molecule has 2 aromatic rings. The van der Waals surface area contributed by atoms with Gasteiger partial charge >= 0.3 is 13.1 Å². The summed E-state index contributed by atoms with van der Waals surface area (Å²) in [4.78, 5) is 14.6. The minimum absolute atomic E-state index is 0.00329. The van der Waals surface area contributed by atoms with E-state index in [2.05, 4.69) is 67.3 Å². The second-order valence-electron chi connectivity index (χ2n) is 13.2. The Hall–Kier alpha value is -2.87. The molecule has 0 unspecified atom stereocenters. The Bertz CT molecular complexity index is 1240. The van der Waals surface area contributed by atoms with Crippen molar-refractivity contribution < 1.29 is 23.6 Å². The molecule has 0 aromatic heterocycles. The van der Waals surface area contributed by atoms with Crippen LogP contribution in [-0.2, 0) is 23.6 Å². The molecule has 0 radical (unpaired) electrons. The van der Waals surface area contributed by atoms with Crippen LogP contribution in [-0.4, -0.2) is 58.2 Å². The number of benzene rings is 2. The van der Waals surface area contributed by atoms with Gasteiger partial charge in [-0.05, 0) is 85.5 Å². The number of anilines is 1. The highest BCUT2D eigenvalue weighted by Crippen LogP contribution is 2.43. The van der Waals surface area contributed by atoms with Crippen molar-refractivity contribution in [2.75, 3.05) is 44.4 Å². The first kappa shape index (κ1) is 29.6. The van der Waals surface area contributed by atoms with Crippen molar-refractivity contribution in [2.45, 2.75) is 59.5 Å². The van der Waals surface area contributed by atoms with Gasteiger partial charge in [-0.2, -0.15) is 0 Å². The molecule has 5 rings (SSSR count). The minimum Gasteiger partial charge on any atom is -0.457 e. The highest BCUT2D eigenvalue weighted by molar-refractivity contribution is 6.56. The van der Waals surface area contributed by atoms with Crippen LogP contribution >= 0.6 is 0 Å². The smallest absolute Gasteiger partial charge is 0.457 e. The third kappa shape index (κ3) is 7.70. The van der Waals surface area contributed by atoms with Crippen LogP contribution in [0, 0.1) is 11.3 Å². The summed E-state index contributed by atoms with van der Waals surface area (Å²) in [7, 11) is -0.353. The van der Waals surface area contributed by atoms with E-state index in [1.54, 1.807) is 6.08 Å². The molecule has 0 N–H and O–H groups in total. The van der Waals surface area contributed by atoms with Gasteiger partial charge in [0.05, 0.1) is 13.2 Å². The number of carbonyl (C=O) groups excluding carboxylic acids is 1. The normalized spacial score (nSPS) is 20.5. The molecule has 2 aliphatic heterocycles. The molecule has 3 fully saturated rings. The van der Waals surface area contributed by atoms with Crippen LogP contribution in [0.5, 0.6) is 0 Å². The molecule has 1 aliphatic carbocycles. The summed E-state index contributed by atoms with van der Waals surface area (Å²) in [6.45, 7) is 14.7. The summed E-state index contributed by atoms with van der Waals surface area (Å²) in [6.07, 6.45) is 6.82. The van der Waals surface area contributed by atoms with Crippen LogP contribution in [0.25, 0.3) is 11.6 Å². The lowest BCUT2D eigenvalue weighted by Gasteiger charge is -2.39. The number of morpholine rings is 1. The van der Waals surface area contributed by atoms with E-state index < -0.39 is 5.60 Å². The largest absolute Gasteiger partial charge is 0.490 e. The van der Waals surface area contributed by atoms with E-state index in [9.17, 15) is 4.79 Å². The summed E-state index contributed by atoms with van der Waals surface area (Å²) in [5.41, 5.74) is 6.38. The van der Waals surface area contributed by atoms with Gasteiger partial charge in [-0.3, -0.25) is 0 Å². The predicted molar refractivity (Wildman–Crippen MR) is 166 cm³/mol. The van der Waals surface area contributed by atoms with Gasteiger partial charge in [0.25, 0.3) is 0 Å². The summed E-state index contributed by atoms with van der Waals surface area (Å²) in [5.74, 6) is 0.0891. The van der Waals surface area contributed by atoms with E-state index in [-0.39, 0.29) is 18.5 Å². The number of nitrogens with zero attached hydrogens (tertiary/aromatic N) is 1. The van der Waals surface area contributed by atoms with E-state index in [1.807, 2.05) is 20.8 Å². The highest BCUT2D eigenvalue weighted by atomic mass is 16.6. The first-order valence-corrected chi connectivity index (χ1v) is 15.0. The molecule has 0 amide bonds. The summed E-state index contributed by atoms with van der Waals surface area (Å²) in [6, 6.07) is 17.3. The third-order valence-corrected chi connectivity index (χ3v) is 7.89. The molecular formula is C34H44BNO5. The lowest BCUT2D eigenvalue weighted by molar-refractivity contribution is -0.148. The summed E-state index contributed by atoms with van der Waals surface area (Å²) >= 11 is 0. The fourth-order valence-electron chi connectivity index (χ4n) is 5.53. The van der Waals surface area contributed by atoms with E-state index in [0.717, 1.165) is 55.8 Å². The van der Waals surface area contributed by atoms with Gasteiger partial charge < -0.3 is 23.7 Å². The Kier molecular flexibility index (Phi) is 9.07. The Morgan fingerprint density at radius 3 is 2.07 bits per heavy atom. The molecule has 6 nitrogen and oxygen atoms in total. The van der Waals surface area contributed by atoms with E-state index in [0.29, 0.717) is 19.1 Å². The zero-order valence-corrected chi connectivity index (χ0v) is 25.3. The molecule has 0 atom stereocenters. The SMILES string of the molecule is CC1(C)COB(C(=C(c2ccc(C=CC(=O)OC(C)(C)C)cc2)c2ccc(N3CCOCC3)cc2)C2CCC2)OC1. The van der Waals surface area contributed by atoms with Gasteiger partial charge in [0.15, 0.2) is 0 Å². The Morgan fingerprint density at radius 2 is 1.54 bits per heavy atom. The Balaban J connectivity index is 1.50. The topological polar surface area (TPSA) is 57.2 Å². The molecule has 2 aromatic carbocycles. The van der Waals surface area contributed by atoms with E-state index in [1.165, 1.54) is 29.2 Å². The molecule has 218 valence electrons. The molecule has 0 bridgehead atoms. The summed E-state index contributed by atoms with van der Waals surface area (Å²) < 4.78 is 23.8. The Labute approximate surface area is 245 Å². The number of esters is 1. The van der Waals surface area contributed by atoms with Crippen LogP contribution in [0.1, 0.15) is 70.6 Å². The van der Waals surface area contributed by atoms with Crippen LogP contribution < -0.4 is 4.90 Å². The highest BCUT2D eigenvalue weighted by Gasteiger charge is 2.41. The first-order chi connectivity index (χ1) is 19.6. The molecule has 7 heteroatoms. The van der Waals surface area contributed by atoms with E-state index >= 15 is 0 Å². The van der Waals surface area contributed by atoms with Crippen LogP contribution in [0.4, 0.5) is 5.69 Å². The average molecular weight is 558 g/mol. The zero-order chi connectivity index (χ0) is 29.0. The van der Waals surface area contributed by atoms with Gasteiger partial charge in [0.1, 0.15) is 5.60 Å². The maximum atomic E-state index is 12.2. The molecule has 2 heterocycles. The number of ether oxygens (including phenoxy) is 2. The molecule has 2 saturated heterocycles. The van der Waals surface area contributed by atoms with Crippen molar-refractivity contribution in [1.29, 1.82) is 0 Å². The van der Waals surface area contributed by atoms with Crippen LogP contribution in [0.3, 0.4) is 0 Å². The first-order valence-electron chi connectivity index (χ1n) is 15.0. The van der Waals surface area contributed by atoms with Crippen LogP contribution in [0.15, 0.2) is 60.1 Å². The van der Waals surface area contributed by atoms with Crippen molar-refractivity contribution in [3.63, 3.8) is 0 Å². The molecule has 0 spiro atoms. The second kappa shape index (κ2) is 12.6. The van der Waals surface area contributed by atoms with Gasteiger partial charge in [0, 0.05) is 43.5 Å². The van der Waals surface area contributed by atoms with Gasteiger partial charge in [0.2, 0.25) is 0 Å². The molecule has 1 saturated carbocycles. The van der Waals surface area contributed by atoms with Gasteiger partial charge in [-0.1, -0.05) is 56.7 Å². The lowest BCUT2D eigenvalue weighted by Crippen LogP contribution is -2.44.